The van der Waals surface area contributed by atoms with Crippen LogP contribution in [0.4, 0.5) is 4.79 Å². The molecule has 25 heavy (non-hydrogen) atoms. The summed E-state index contributed by atoms with van der Waals surface area (Å²) in [5.74, 6) is 2.67. The summed E-state index contributed by atoms with van der Waals surface area (Å²) in [4.78, 5) is 12.3. The lowest BCUT2D eigenvalue weighted by Crippen LogP contribution is -2.53. The van der Waals surface area contributed by atoms with Crippen molar-refractivity contribution < 1.29 is 9.90 Å². The second-order valence-electron chi connectivity index (χ2n) is 9.13. The molecular weight excluding hydrogens is 316 g/mol. The van der Waals surface area contributed by atoms with Crippen LogP contribution in [0.15, 0.2) is 12.4 Å². The molecule has 6 heteroatoms. The van der Waals surface area contributed by atoms with Crippen LogP contribution >= 0.6 is 0 Å². The van der Waals surface area contributed by atoms with Gasteiger partial charge in [0.05, 0.1) is 12.7 Å². The van der Waals surface area contributed by atoms with Crippen molar-refractivity contribution >= 4 is 6.03 Å². The Hall–Kier alpha value is -1.56. The molecule has 0 saturated heterocycles. The second kappa shape index (κ2) is 6.01. The van der Waals surface area contributed by atoms with Crippen molar-refractivity contribution in [2.75, 3.05) is 13.1 Å². The summed E-state index contributed by atoms with van der Waals surface area (Å²) >= 11 is 0. The van der Waals surface area contributed by atoms with Crippen molar-refractivity contribution in [1.82, 2.24) is 20.4 Å². The molecule has 4 fully saturated rings. The SMILES string of the molecule is Cn1cc(C(C)(O)CNC(=O)NCC23CC4CC(CC(C4)C2)C3)cn1. The molecule has 4 bridgehead atoms. The molecule has 4 saturated carbocycles. The summed E-state index contributed by atoms with van der Waals surface area (Å²) in [5.41, 5.74) is -0.0825. The van der Waals surface area contributed by atoms with E-state index in [-0.39, 0.29) is 12.6 Å². The average Bonchev–Trinajstić information content (AvgIpc) is 2.97. The minimum atomic E-state index is -1.12. The van der Waals surface area contributed by atoms with Crippen molar-refractivity contribution in [2.24, 2.45) is 30.2 Å². The number of amides is 2. The number of carbonyl (C=O) groups excluding carboxylic acids is 1. The summed E-state index contributed by atoms with van der Waals surface area (Å²) in [7, 11) is 1.81. The average molecular weight is 346 g/mol. The van der Waals surface area contributed by atoms with Crippen LogP contribution in [0, 0.1) is 23.2 Å². The zero-order chi connectivity index (χ0) is 17.7. The zero-order valence-electron chi connectivity index (χ0n) is 15.3. The third kappa shape index (κ3) is 3.41. The molecule has 5 rings (SSSR count). The highest BCUT2D eigenvalue weighted by molar-refractivity contribution is 5.74. The van der Waals surface area contributed by atoms with E-state index in [2.05, 4.69) is 15.7 Å². The largest absolute Gasteiger partial charge is 0.383 e. The smallest absolute Gasteiger partial charge is 0.314 e. The van der Waals surface area contributed by atoms with Gasteiger partial charge < -0.3 is 15.7 Å². The number of nitrogens with one attached hydrogen (secondary N) is 2. The third-order valence-electron chi connectivity index (χ3n) is 6.71. The number of nitrogens with zero attached hydrogens (tertiary/aromatic N) is 2. The number of carbonyl (C=O) groups is 1. The maximum atomic E-state index is 12.3. The number of aliphatic hydroxyl groups is 1. The Morgan fingerprint density at radius 3 is 2.40 bits per heavy atom. The third-order valence-corrected chi connectivity index (χ3v) is 6.71. The van der Waals surface area contributed by atoms with E-state index in [1.54, 1.807) is 24.0 Å². The molecule has 1 heterocycles. The second-order valence-corrected chi connectivity index (χ2v) is 9.13. The Morgan fingerprint density at radius 2 is 1.88 bits per heavy atom. The number of hydrogen-bond donors (Lipinski definition) is 3. The fourth-order valence-corrected chi connectivity index (χ4v) is 5.89. The maximum absolute atomic E-state index is 12.3. The number of urea groups is 1. The lowest BCUT2D eigenvalue weighted by Gasteiger charge is -2.56. The predicted molar refractivity (Wildman–Crippen MR) is 94.8 cm³/mol. The van der Waals surface area contributed by atoms with E-state index in [9.17, 15) is 9.90 Å². The van der Waals surface area contributed by atoms with Crippen molar-refractivity contribution in [3.05, 3.63) is 18.0 Å². The van der Waals surface area contributed by atoms with Crippen LogP contribution in [0.1, 0.15) is 51.0 Å². The van der Waals surface area contributed by atoms with Crippen LogP contribution in [0.25, 0.3) is 0 Å². The van der Waals surface area contributed by atoms with Crippen molar-refractivity contribution in [3.8, 4) is 0 Å². The molecule has 0 aromatic carbocycles. The van der Waals surface area contributed by atoms with Gasteiger partial charge in [-0.15, -0.1) is 0 Å². The number of aromatic nitrogens is 2. The molecule has 138 valence electrons. The molecule has 0 aliphatic heterocycles. The van der Waals surface area contributed by atoms with E-state index < -0.39 is 5.60 Å². The Morgan fingerprint density at radius 1 is 1.28 bits per heavy atom. The standard InChI is InChI=1S/C19H30N4O2/c1-18(25,16-9-22-23(2)10-16)11-20-17(24)21-12-19-6-13-3-14(7-19)5-15(4-13)8-19/h9-10,13-15,25H,3-8,11-12H2,1-2H3,(H2,20,21,24). The Labute approximate surface area is 149 Å². The van der Waals surface area contributed by atoms with Gasteiger partial charge in [0, 0.05) is 25.4 Å². The van der Waals surface area contributed by atoms with Crippen LogP contribution in [0.3, 0.4) is 0 Å². The Bertz CT molecular complexity index is 616. The van der Waals surface area contributed by atoms with E-state index in [4.69, 9.17) is 0 Å². The zero-order valence-corrected chi connectivity index (χ0v) is 15.3. The highest BCUT2D eigenvalue weighted by Crippen LogP contribution is 2.59. The molecule has 3 N–H and O–H groups in total. The van der Waals surface area contributed by atoms with Gasteiger partial charge in [-0.3, -0.25) is 4.68 Å². The molecule has 2 amide bonds. The summed E-state index contributed by atoms with van der Waals surface area (Å²) in [6.45, 7) is 2.64. The van der Waals surface area contributed by atoms with Crippen LogP contribution in [0.2, 0.25) is 0 Å². The number of aryl methyl sites for hydroxylation is 1. The van der Waals surface area contributed by atoms with Crippen molar-refractivity contribution in [3.63, 3.8) is 0 Å². The van der Waals surface area contributed by atoms with E-state index >= 15 is 0 Å². The molecule has 0 radical (unpaired) electrons. The minimum absolute atomic E-state index is 0.172. The van der Waals surface area contributed by atoms with Gasteiger partial charge in [0.25, 0.3) is 0 Å². The monoisotopic (exact) mass is 346 g/mol. The lowest BCUT2D eigenvalue weighted by molar-refractivity contribution is -0.0499. The fourth-order valence-electron chi connectivity index (χ4n) is 5.89. The lowest BCUT2D eigenvalue weighted by atomic mass is 9.49. The highest BCUT2D eigenvalue weighted by Gasteiger charge is 2.50. The van der Waals surface area contributed by atoms with Crippen LogP contribution in [0.5, 0.6) is 0 Å². The van der Waals surface area contributed by atoms with Gasteiger partial charge in [-0.2, -0.15) is 5.10 Å². The maximum Gasteiger partial charge on any atom is 0.314 e. The first-order valence-electron chi connectivity index (χ1n) is 9.57. The van der Waals surface area contributed by atoms with Crippen molar-refractivity contribution in [2.45, 2.75) is 51.0 Å². The molecule has 0 spiro atoms. The van der Waals surface area contributed by atoms with Crippen molar-refractivity contribution in [1.29, 1.82) is 0 Å². The van der Waals surface area contributed by atoms with Gasteiger partial charge in [0.2, 0.25) is 0 Å². The first-order valence-corrected chi connectivity index (χ1v) is 9.57. The van der Waals surface area contributed by atoms with Crippen LogP contribution in [-0.2, 0) is 12.6 Å². The Kier molecular flexibility index (Phi) is 4.06. The Balaban J connectivity index is 1.28. The van der Waals surface area contributed by atoms with E-state index in [0.717, 1.165) is 24.3 Å². The molecule has 4 aliphatic carbocycles. The quantitative estimate of drug-likeness (QED) is 0.764. The van der Waals surface area contributed by atoms with Gasteiger partial charge in [-0.05, 0) is 68.6 Å². The molecular formula is C19H30N4O2. The number of rotatable bonds is 5. The molecule has 4 aliphatic rings. The topological polar surface area (TPSA) is 79.2 Å². The molecule has 1 atom stereocenters. The van der Waals surface area contributed by atoms with Gasteiger partial charge in [0.15, 0.2) is 0 Å². The summed E-state index contributed by atoms with van der Waals surface area (Å²) in [6.07, 6.45) is 11.5. The van der Waals surface area contributed by atoms with E-state index in [1.165, 1.54) is 38.5 Å². The molecule has 1 unspecified atom stereocenters. The minimum Gasteiger partial charge on any atom is -0.383 e. The van der Waals surface area contributed by atoms with Gasteiger partial charge in [0.1, 0.15) is 5.60 Å². The van der Waals surface area contributed by atoms with E-state index in [1.807, 2.05) is 7.05 Å². The summed E-state index contributed by atoms with van der Waals surface area (Å²) in [6, 6.07) is -0.181. The molecule has 1 aromatic heterocycles. The van der Waals surface area contributed by atoms with Gasteiger partial charge in [-0.1, -0.05) is 0 Å². The summed E-state index contributed by atoms with van der Waals surface area (Å²) in [5, 5.41) is 20.5. The molecule has 1 aromatic rings. The normalized spacial score (nSPS) is 35.4. The first kappa shape index (κ1) is 16.9. The molecule has 6 nitrogen and oxygen atoms in total. The summed E-state index contributed by atoms with van der Waals surface area (Å²) < 4.78 is 1.65. The van der Waals surface area contributed by atoms with E-state index in [0.29, 0.717) is 11.0 Å². The van der Waals surface area contributed by atoms with Gasteiger partial charge in [-0.25, -0.2) is 4.79 Å². The van der Waals surface area contributed by atoms with Crippen LogP contribution < -0.4 is 10.6 Å². The number of hydrogen-bond acceptors (Lipinski definition) is 3. The first-order chi connectivity index (χ1) is 11.8. The van der Waals surface area contributed by atoms with Crippen LogP contribution in [-0.4, -0.2) is 34.0 Å². The fraction of sp³-hybridized carbons (Fsp3) is 0.789. The van der Waals surface area contributed by atoms with Gasteiger partial charge >= 0.3 is 6.03 Å². The predicted octanol–water partition coefficient (Wildman–Crippen LogP) is 2.14. The highest BCUT2D eigenvalue weighted by atomic mass is 16.3.